The van der Waals surface area contributed by atoms with Gasteiger partial charge >= 0.3 is 0 Å². The Balaban J connectivity index is 1.77. The van der Waals surface area contributed by atoms with Gasteiger partial charge in [0, 0.05) is 23.9 Å². The van der Waals surface area contributed by atoms with Gasteiger partial charge in [0.05, 0.1) is 6.54 Å². The highest BCUT2D eigenvalue weighted by atomic mass is 32.1. The molecule has 1 atom stereocenters. The van der Waals surface area contributed by atoms with Gasteiger partial charge in [-0.2, -0.15) is 0 Å². The molecule has 1 fully saturated rings. The zero-order valence-electron chi connectivity index (χ0n) is 12.7. The summed E-state index contributed by atoms with van der Waals surface area (Å²) < 4.78 is 0. The highest BCUT2D eigenvalue weighted by Gasteiger charge is 2.43. The molecule has 2 heterocycles. The van der Waals surface area contributed by atoms with Gasteiger partial charge in [-0.1, -0.05) is 29.8 Å². The predicted octanol–water partition coefficient (Wildman–Crippen LogP) is 1.18. The topological polar surface area (TPSA) is 96.5 Å². The second-order valence-corrected chi connectivity index (χ2v) is 6.63. The van der Waals surface area contributed by atoms with Gasteiger partial charge in [-0.15, -0.1) is 11.3 Å². The number of amides is 2. The van der Waals surface area contributed by atoms with Crippen molar-refractivity contribution in [1.82, 2.24) is 9.88 Å². The monoisotopic (exact) mass is 331 g/mol. The van der Waals surface area contributed by atoms with E-state index in [1.54, 1.807) is 5.38 Å². The van der Waals surface area contributed by atoms with Crippen molar-refractivity contribution in [2.75, 3.05) is 13.1 Å². The van der Waals surface area contributed by atoms with E-state index in [0.29, 0.717) is 5.69 Å². The summed E-state index contributed by atoms with van der Waals surface area (Å²) in [4.78, 5) is 29.5. The summed E-state index contributed by atoms with van der Waals surface area (Å²) >= 11 is 1.39. The summed E-state index contributed by atoms with van der Waals surface area (Å²) in [6.07, 6.45) is 0.156. The van der Waals surface area contributed by atoms with Crippen LogP contribution in [0.1, 0.15) is 22.5 Å². The van der Waals surface area contributed by atoms with Crippen LogP contribution in [-0.4, -0.2) is 45.5 Å². The van der Waals surface area contributed by atoms with Crippen LogP contribution in [0.15, 0.2) is 29.6 Å². The molecule has 23 heavy (non-hydrogen) atoms. The standard InChI is InChI=1S/C16H17N3O3S/c1-10-2-4-11(5-3-10)13-18-12(8-23-13)14(20)19-7-6-16(22,9-19)15(17)21/h2-5,8,22H,6-7,9H2,1H3,(H2,17,21). The largest absolute Gasteiger partial charge is 0.378 e. The van der Waals surface area contributed by atoms with E-state index in [0.717, 1.165) is 16.1 Å². The van der Waals surface area contributed by atoms with Gasteiger partial charge in [0.25, 0.3) is 11.8 Å². The van der Waals surface area contributed by atoms with Crippen molar-refractivity contribution in [2.45, 2.75) is 18.9 Å². The van der Waals surface area contributed by atoms with Gasteiger partial charge in [-0.25, -0.2) is 4.98 Å². The molecule has 120 valence electrons. The molecule has 0 radical (unpaired) electrons. The average molecular weight is 331 g/mol. The molecule has 1 aromatic heterocycles. The van der Waals surface area contributed by atoms with Crippen molar-refractivity contribution in [1.29, 1.82) is 0 Å². The van der Waals surface area contributed by atoms with Crippen molar-refractivity contribution in [2.24, 2.45) is 5.73 Å². The summed E-state index contributed by atoms with van der Waals surface area (Å²) in [5.41, 5.74) is 5.98. The summed E-state index contributed by atoms with van der Waals surface area (Å²) in [6, 6.07) is 7.91. The summed E-state index contributed by atoms with van der Waals surface area (Å²) in [5, 5.41) is 12.5. The maximum Gasteiger partial charge on any atom is 0.273 e. The molecule has 0 bridgehead atoms. The smallest absolute Gasteiger partial charge is 0.273 e. The summed E-state index contributed by atoms with van der Waals surface area (Å²) in [5.74, 6) is -1.09. The number of aryl methyl sites for hydroxylation is 1. The Morgan fingerprint density at radius 3 is 2.65 bits per heavy atom. The number of rotatable bonds is 3. The number of hydrogen-bond acceptors (Lipinski definition) is 5. The van der Waals surface area contributed by atoms with Gasteiger partial charge in [0.2, 0.25) is 0 Å². The molecular formula is C16H17N3O3S. The van der Waals surface area contributed by atoms with Crippen LogP contribution in [0.2, 0.25) is 0 Å². The van der Waals surface area contributed by atoms with Crippen molar-refractivity contribution in [3.8, 4) is 10.6 Å². The first kappa shape index (κ1) is 15.6. The van der Waals surface area contributed by atoms with Gasteiger partial charge in [-0.05, 0) is 6.92 Å². The highest BCUT2D eigenvalue weighted by Crippen LogP contribution is 2.27. The van der Waals surface area contributed by atoms with Gasteiger partial charge < -0.3 is 15.7 Å². The molecule has 2 amide bonds. The van der Waals surface area contributed by atoms with E-state index in [4.69, 9.17) is 5.73 Å². The zero-order valence-corrected chi connectivity index (χ0v) is 13.5. The third-order valence-corrected chi connectivity index (χ3v) is 4.91. The van der Waals surface area contributed by atoms with Gasteiger partial charge in [0.1, 0.15) is 10.7 Å². The zero-order chi connectivity index (χ0) is 16.6. The Kier molecular flexibility index (Phi) is 3.91. The molecule has 1 aliphatic rings. The molecule has 0 saturated carbocycles. The van der Waals surface area contributed by atoms with Crippen LogP contribution in [0.25, 0.3) is 10.6 Å². The molecule has 6 nitrogen and oxygen atoms in total. The number of carbonyl (C=O) groups excluding carboxylic acids is 2. The van der Waals surface area contributed by atoms with E-state index in [1.807, 2.05) is 31.2 Å². The Bertz CT molecular complexity index is 756. The fourth-order valence-corrected chi connectivity index (χ4v) is 3.33. The first-order valence-electron chi connectivity index (χ1n) is 7.23. The van der Waals surface area contributed by atoms with Crippen molar-refractivity contribution < 1.29 is 14.7 Å². The van der Waals surface area contributed by atoms with Crippen molar-refractivity contribution >= 4 is 23.2 Å². The summed E-state index contributed by atoms with van der Waals surface area (Å²) in [7, 11) is 0. The minimum Gasteiger partial charge on any atom is -0.378 e. The molecule has 0 spiro atoms. The number of hydrogen-bond donors (Lipinski definition) is 2. The Hall–Kier alpha value is -2.25. The first-order valence-corrected chi connectivity index (χ1v) is 8.11. The minimum atomic E-state index is -1.63. The third kappa shape index (κ3) is 2.97. The third-order valence-electron chi connectivity index (χ3n) is 4.02. The number of primary amides is 1. The van der Waals surface area contributed by atoms with Crippen LogP contribution in [0, 0.1) is 6.92 Å². The number of β-amino-alcohol motifs (C(OH)–C–C–N with tert-alkyl or cyclic N) is 1. The number of benzene rings is 1. The lowest BCUT2D eigenvalue weighted by molar-refractivity contribution is -0.134. The average Bonchev–Trinajstić information content (AvgIpc) is 3.15. The van der Waals surface area contributed by atoms with Crippen LogP contribution in [0.3, 0.4) is 0 Å². The molecule has 1 aromatic carbocycles. The summed E-state index contributed by atoms with van der Waals surface area (Å²) in [6.45, 7) is 2.21. The van der Waals surface area contributed by atoms with Crippen molar-refractivity contribution in [3.63, 3.8) is 0 Å². The number of aliphatic hydroxyl groups is 1. The highest BCUT2D eigenvalue weighted by molar-refractivity contribution is 7.13. The maximum absolute atomic E-state index is 12.5. The molecule has 1 aliphatic heterocycles. The number of thiazole rings is 1. The van der Waals surface area contributed by atoms with Crippen LogP contribution < -0.4 is 5.73 Å². The van der Waals surface area contributed by atoms with E-state index in [2.05, 4.69) is 4.98 Å². The maximum atomic E-state index is 12.5. The Labute approximate surface area is 137 Å². The fraction of sp³-hybridized carbons (Fsp3) is 0.312. The predicted molar refractivity (Wildman–Crippen MR) is 87.0 cm³/mol. The normalized spacial score (nSPS) is 20.7. The lowest BCUT2D eigenvalue weighted by Crippen LogP contribution is -2.46. The molecule has 1 unspecified atom stereocenters. The lowest BCUT2D eigenvalue weighted by atomic mass is 10.0. The molecular weight excluding hydrogens is 314 g/mol. The molecule has 7 heteroatoms. The Morgan fingerprint density at radius 1 is 1.35 bits per heavy atom. The van der Waals surface area contributed by atoms with Crippen LogP contribution in [0.5, 0.6) is 0 Å². The van der Waals surface area contributed by atoms with E-state index in [-0.39, 0.29) is 25.4 Å². The Morgan fingerprint density at radius 2 is 2.04 bits per heavy atom. The number of carbonyl (C=O) groups is 2. The fourth-order valence-electron chi connectivity index (χ4n) is 2.53. The SMILES string of the molecule is Cc1ccc(-c2nc(C(=O)N3CCC(O)(C(N)=O)C3)cs2)cc1. The lowest BCUT2D eigenvalue weighted by Gasteiger charge is -2.19. The van der Waals surface area contributed by atoms with Crippen molar-refractivity contribution in [3.05, 3.63) is 40.9 Å². The first-order chi connectivity index (χ1) is 10.9. The van der Waals surface area contributed by atoms with Gasteiger partial charge in [-0.3, -0.25) is 9.59 Å². The molecule has 3 N–H and O–H groups in total. The second kappa shape index (κ2) is 5.75. The molecule has 3 rings (SSSR count). The van der Waals surface area contributed by atoms with Crippen LogP contribution >= 0.6 is 11.3 Å². The van der Waals surface area contributed by atoms with E-state index < -0.39 is 11.5 Å². The van der Waals surface area contributed by atoms with Gasteiger partial charge in [0.15, 0.2) is 5.60 Å². The molecule has 2 aromatic rings. The number of likely N-dealkylation sites (tertiary alicyclic amines) is 1. The van der Waals surface area contributed by atoms with E-state index in [9.17, 15) is 14.7 Å². The number of nitrogens with two attached hydrogens (primary N) is 1. The van der Waals surface area contributed by atoms with E-state index in [1.165, 1.54) is 16.2 Å². The minimum absolute atomic E-state index is 0.0848. The van der Waals surface area contributed by atoms with Crippen LogP contribution in [-0.2, 0) is 4.79 Å². The second-order valence-electron chi connectivity index (χ2n) is 5.78. The molecule has 1 saturated heterocycles. The van der Waals surface area contributed by atoms with E-state index >= 15 is 0 Å². The number of nitrogens with zero attached hydrogens (tertiary/aromatic N) is 2. The molecule has 0 aliphatic carbocycles. The number of aromatic nitrogens is 1. The quantitative estimate of drug-likeness (QED) is 0.882. The van der Waals surface area contributed by atoms with Crippen LogP contribution in [0.4, 0.5) is 0 Å².